The SMILES string of the molecule is Cc1cccc(C(C)O)c1C. The minimum absolute atomic E-state index is 0.352. The number of aliphatic hydroxyl groups is 1. The van der Waals surface area contributed by atoms with E-state index in [9.17, 15) is 5.11 Å². The van der Waals surface area contributed by atoms with Crippen molar-refractivity contribution < 1.29 is 5.11 Å². The normalized spacial score (nSPS) is 13.1. The Balaban J connectivity index is 3.17. The summed E-state index contributed by atoms with van der Waals surface area (Å²) in [7, 11) is 0. The average Bonchev–Trinajstić information content (AvgIpc) is 1.94. The fraction of sp³-hybridized carbons (Fsp3) is 0.400. The third kappa shape index (κ3) is 1.60. The second-order valence-electron chi connectivity index (χ2n) is 2.97. The molecule has 0 aromatic heterocycles. The van der Waals surface area contributed by atoms with Crippen LogP contribution in [0.15, 0.2) is 18.2 Å². The first-order chi connectivity index (χ1) is 5.13. The first kappa shape index (κ1) is 8.28. The Morgan fingerprint density at radius 3 is 2.36 bits per heavy atom. The lowest BCUT2D eigenvalue weighted by molar-refractivity contribution is 0.198. The van der Waals surface area contributed by atoms with Crippen LogP contribution in [0, 0.1) is 13.8 Å². The number of aliphatic hydroxyl groups excluding tert-OH is 1. The second-order valence-corrected chi connectivity index (χ2v) is 2.97. The zero-order valence-electron chi connectivity index (χ0n) is 7.26. The van der Waals surface area contributed by atoms with Crippen LogP contribution in [0.5, 0.6) is 0 Å². The molecule has 0 bridgehead atoms. The van der Waals surface area contributed by atoms with E-state index in [1.165, 1.54) is 11.1 Å². The Kier molecular flexibility index (Phi) is 2.30. The van der Waals surface area contributed by atoms with Crippen molar-refractivity contribution in [2.24, 2.45) is 0 Å². The van der Waals surface area contributed by atoms with Crippen molar-refractivity contribution in [3.63, 3.8) is 0 Å². The lowest BCUT2D eigenvalue weighted by Crippen LogP contribution is -1.95. The van der Waals surface area contributed by atoms with Gasteiger partial charge in [-0.1, -0.05) is 18.2 Å². The van der Waals surface area contributed by atoms with Gasteiger partial charge in [-0.2, -0.15) is 0 Å². The van der Waals surface area contributed by atoms with E-state index in [0.717, 1.165) is 5.56 Å². The highest BCUT2D eigenvalue weighted by molar-refractivity contribution is 5.34. The Morgan fingerprint density at radius 2 is 1.91 bits per heavy atom. The summed E-state index contributed by atoms with van der Waals surface area (Å²) in [4.78, 5) is 0. The van der Waals surface area contributed by atoms with Crippen molar-refractivity contribution >= 4 is 0 Å². The van der Waals surface area contributed by atoms with E-state index in [1.807, 2.05) is 19.1 Å². The maximum Gasteiger partial charge on any atom is 0.0764 e. The first-order valence-electron chi connectivity index (χ1n) is 3.87. The molecule has 0 fully saturated rings. The average molecular weight is 150 g/mol. The van der Waals surface area contributed by atoms with Gasteiger partial charge in [-0.15, -0.1) is 0 Å². The monoisotopic (exact) mass is 150 g/mol. The molecule has 0 saturated heterocycles. The molecule has 1 heteroatoms. The zero-order valence-corrected chi connectivity index (χ0v) is 7.26. The summed E-state index contributed by atoms with van der Waals surface area (Å²) < 4.78 is 0. The van der Waals surface area contributed by atoms with Gasteiger partial charge in [-0.25, -0.2) is 0 Å². The van der Waals surface area contributed by atoms with Crippen molar-refractivity contribution in [1.29, 1.82) is 0 Å². The zero-order chi connectivity index (χ0) is 8.43. The highest BCUT2D eigenvalue weighted by atomic mass is 16.3. The largest absolute Gasteiger partial charge is 0.389 e. The van der Waals surface area contributed by atoms with E-state index in [1.54, 1.807) is 6.92 Å². The molecule has 0 spiro atoms. The number of rotatable bonds is 1. The molecule has 0 saturated carbocycles. The van der Waals surface area contributed by atoms with Crippen molar-refractivity contribution in [2.75, 3.05) is 0 Å². The fourth-order valence-corrected chi connectivity index (χ4v) is 1.23. The Bertz CT molecular complexity index is 251. The molecule has 60 valence electrons. The molecule has 0 radical (unpaired) electrons. The molecular weight excluding hydrogens is 136 g/mol. The van der Waals surface area contributed by atoms with Crippen LogP contribution in [0.2, 0.25) is 0 Å². The second kappa shape index (κ2) is 3.05. The predicted octanol–water partition coefficient (Wildman–Crippen LogP) is 2.36. The molecule has 1 atom stereocenters. The van der Waals surface area contributed by atoms with Gasteiger partial charge in [0.25, 0.3) is 0 Å². The Labute approximate surface area is 67.7 Å². The van der Waals surface area contributed by atoms with Gasteiger partial charge >= 0.3 is 0 Å². The lowest BCUT2D eigenvalue weighted by atomic mass is 10.0. The molecule has 1 unspecified atom stereocenters. The topological polar surface area (TPSA) is 20.2 Å². The van der Waals surface area contributed by atoms with Gasteiger partial charge in [0.2, 0.25) is 0 Å². The molecule has 1 N–H and O–H groups in total. The summed E-state index contributed by atoms with van der Waals surface area (Å²) in [6.45, 7) is 5.89. The number of aryl methyl sites for hydroxylation is 1. The lowest BCUT2D eigenvalue weighted by Gasteiger charge is -2.10. The van der Waals surface area contributed by atoms with Crippen molar-refractivity contribution in [3.8, 4) is 0 Å². The molecule has 0 aliphatic rings. The molecular formula is C10H14O. The summed E-state index contributed by atoms with van der Waals surface area (Å²) in [5.41, 5.74) is 3.47. The molecule has 11 heavy (non-hydrogen) atoms. The highest BCUT2D eigenvalue weighted by Gasteiger charge is 2.04. The van der Waals surface area contributed by atoms with Crippen LogP contribution >= 0.6 is 0 Å². The van der Waals surface area contributed by atoms with Gasteiger partial charge in [-0.3, -0.25) is 0 Å². The van der Waals surface area contributed by atoms with E-state index in [0.29, 0.717) is 0 Å². The van der Waals surface area contributed by atoms with Crippen molar-refractivity contribution in [3.05, 3.63) is 34.9 Å². The first-order valence-corrected chi connectivity index (χ1v) is 3.87. The molecule has 0 amide bonds. The standard InChI is InChI=1S/C10H14O/c1-7-5-4-6-10(8(7)2)9(3)11/h4-6,9,11H,1-3H3. The smallest absolute Gasteiger partial charge is 0.0764 e. The van der Waals surface area contributed by atoms with Crippen LogP contribution in [0.25, 0.3) is 0 Å². The van der Waals surface area contributed by atoms with Gasteiger partial charge in [0.05, 0.1) is 6.10 Å². The number of benzene rings is 1. The molecule has 1 rings (SSSR count). The summed E-state index contributed by atoms with van der Waals surface area (Å²) in [5, 5.41) is 9.33. The minimum atomic E-state index is -0.352. The van der Waals surface area contributed by atoms with Crippen LogP contribution in [0.4, 0.5) is 0 Å². The fourth-order valence-electron chi connectivity index (χ4n) is 1.23. The molecule has 1 aromatic carbocycles. The Hall–Kier alpha value is -0.820. The van der Waals surface area contributed by atoms with Crippen LogP contribution in [-0.2, 0) is 0 Å². The van der Waals surface area contributed by atoms with Crippen molar-refractivity contribution in [2.45, 2.75) is 26.9 Å². The van der Waals surface area contributed by atoms with Crippen LogP contribution in [0.3, 0.4) is 0 Å². The summed E-state index contributed by atoms with van der Waals surface area (Å²) >= 11 is 0. The maximum absolute atomic E-state index is 9.33. The summed E-state index contributed by atoms with van der Waals surface area (Å²) in [6.07, 6.45) is -0.352. The highest BCUT2D eigenvalue weighted by Crippen LogP contribution is 2.19. The quantitative estimate of drug-likeness (QED) is 0.651. The van der Waals surface area contributed by atoms with Gasteiger partial charge in [0.1, 0.15) is 0 Å². The van der Waals surface area contributed by atoms with Crippen LogP contribution < -0.4 is 0 Å². The summed E-state index contributed by atoms with van der Waals surface area (Å²) in [6, 6.07) is 6.00. The number of hydrogen-bond acceptors (Lipinski definition) is 1. The molecule has 1 aromatic rings. The minimum Gasteiger partial charge on any atom is -0.389 e. The van der Waals surface area contributed by atoms with Gasteiger partial charge in [0.15, 0.2) is 0 Å². The predicted molar refractivity (Wildman–Crippen MR) is 46.5 cm³/mol. The van der Waals surface area contributed by atoms with E-state index >= 15 is 0 Å². The molecule has 1 nitrogen and oxygen atoms in total. The molecule has 0 aliphatic carbocycles. The van der Waals surface area contributed by atoms with Gasteiger partial charge in [-0.05, 0) is 37.5 Å². The van der Waals surface area contributed by atoms with Gasteiger partial charge in [0, 0.05) is 0 Å². The van der Waals surface area contributed by atoms with Crippen LogP contribution in [-0.4, -0.2) is 5.11 Å². The van der Waals surface area contributed by atoms with E-state index in [-0.39, 0.29) is 6.10 Å². The van der Waals surface area contributed by atoms with E-state index < -0.39 is 0 Å². The summed E-state index contributed by atoms with van der Waals surface area (Å²) in [5.74, 6) is 0. The molecule has 0 aliphatic heterocycles. The van der Waals surface area contributed by atoms with Gasteiger partial charge < -0.3 is 5.11 Å². The van der Waals surface area contributed by atoms with E-state index in [2.05, 4.69) is 13.0 Å². The van der Waals surface area contributed by atoms with Crippen molar-refractivity contribution in [1.82, 2.24) is 0 Å². The third-order valence-corrected chi connectivity index (χ3v) is 2.10. The molecule has 0 heterocycles. The maximum atomic E-state index is 9.33. The number of hydrogen-bond donors (Lipinski definition) is 1. The third-order valence-electron chi connectivity index (χ3n) is 2.10. The Morgan fingerprint density at radius 1 is 1.27 bits per heavy atom. The van der Waals surface area contributed by atoms with E-state index in [4.69, 9.17) is 0 Å². The van der Waals surface area contributed by atoms with Crippen LogP contribution in [0.1, 0.15) is 29.7 Å².